The number of rotatable bonds is 1. The summed E-state index contributed by atoms with van der Waals surface area (Å²) in [5.41, 5.74) is 0. The second-order valence-corrected chi connectivity index (χ2v) is 3.92. The molecular weight excluding hydrogens is 246 g/mol. The highest BCUT2D eigenvalue weighted by Gasteiger charge is 2.28. The van der Waals surface area contributed by atoms with Gasteiger partial charge in [-0.05, 0) is 12.1 Å². The van der Waals surface area contributed by atoms with Crippen LogP contribution >= 0.6 is 11.8 Å². The van der Waals surface area contributed by atoms with Crippen LogP contribution < -0.4 is 5.32 Å². The molecule has 3 amide bonds. The third kappa shape index (κ3) is 2.59. The highest BCUT2D eigenvalue weighted by atomic mass is 35.5. The standard InChI is InChI=1S/C10H12ClN3O3/c11-14(9(15)8-2-1-7-17-8)10(16)13-5-3-12-4-6-13/h1-2,7,12H,3-6H2. The summed E-state index contributed by atoms with van der Waals surface area (Å²) >= 11 is 5.72. The molecular formula is C10H12ClN3O3. The Bertz CT molecular complexity index is 401. The molecule has 1 aliphatic rings. The van der Waals surface area contributed by atoms with Gasteiger partial charge in [-0.3, -0.25) is 4.79 Å². The van der Waals surface area contributed by atoms with Crippen LogP contribution in [0.15, 0.2) is 22.8 Å². The number of imide groups is 1. The summed E-state index contributed by atoms with van der Waals surface area (Å²) in [5, 5.41) is 3.11. The summed E-state index contributed by atoms with van der Waals surface area (Å²) in [6, 6.07) is 2.50. The average molecular weight is 258 g/mol. The van der Waals surface area contributed by atoms with Crippen molar-refractivity contribution in [2.75, 3.05) is 26.2 Å². The molecule has 6 nitrogen and oxygen atoms in total. The molecule has 1 aromatic heterocycles. The highest BCUT2D eigenvalue weighted by Crippen LogP contribution is 2.11. The van der Waals surface area contributed by atoms with E-state index in [1.54, 1.807) is 6.07 Å². The third-order valence-electron chi connectivity index (χ3n) is 2.47. The second kappa shape index (κ2) is 5.20. The smallest absolute Gasteiger partial charge is 0.342 e. The summed E-state index contributed by atoms with van der Waals surface area (Å²) in [5.74, 6) is -0.608. The van der Waals surface area contributed by atoms with Gasteiger partial charge in [0, 0.05) is 38.0 Å². The Morgan fingerprint density at radius 1 is 1.41 bits per heavy atom. The van der Waals surface area contributed by atoms with Gasteiger partial charge in [-0.25, -0.2) is 4.79 Å². The molecule has 0 aromatic carbocycles. The first kappa shape index (κ1) is 11.9. The van der Waals surface area contributed by atoms with Crippen molar-refractivity contribution in [2.24, 2.45) is 0 Å². The van der Waals surface area contributed by atoms with Crippen LogP contribution in [0.3, 0.4) is 0 Å². The van der Waals surface area contributed by atoms with Gasteiger partial charge in [0.2, 0.25) is 0 Å². The molecule has 1 fully saturated rings. The van der Waals surface area contributed by atoms with Gasteiger partial charge in [-0.2, -0.15) is 4.42 Å². The predicted molar refractivity (Wildman–Crippen MR) is 60.6 cm³/mol. The average Bonchev–Trinajstić information content (AvgIpc) is 2.91. The van der Waals surface area contributed by atoms with Crippen molar-refractivity contribution in [2.45, 2.75) is 0 Å². The van der Waals surface area contributed by atoms with Crippen molar-refractivity contribution in [3.8, 4) is 0 Å². The molecule has 2 heterocycles. The number of carbonyl (C=O) groups excluding carboxylic acids is 2. The number of nitrogens with one attached hydrogen (secondary N) is 1. The summed E-state index contributed by atoms with van der Waals surface area (Å²) in [7, 11) is 0. The van der Waals surface area contributed by atoms with Crippen LogP contribution in [0.1, 0.15) is 10.6 Å². The van der Waals surface area contributed by atoms with Crippen LogP contribution in [0.2, 0.25) is 0 Å². The number of nitrogens with zero attached hydrogens (tertiary/aromatic N) is 2. The number of halogens is 1. The van der Waals surface area contributed by atoms with E-state index in [0.717, 1.165) is 0 Å². The van der Waals surface area contributed by atoms with Crippen LogP contribution in [-0.2, 0) is 0 Å². The lowest BCUT2D eigenvalue weighted by Gasteiger charge is -2.28. The molecule has 1 N–H and O–H groups in total. The number of furan rings is 1. The lowest BCUT2D eigenvalue weighted by atomic mass is 10.4. The summed E-state index contributed by atoms with van der Waals surface area (Å²) < 4.78 is 5.45. The second-order valence-electron chi connectivity index (χ2n) is 3.58. The largest absolute Gasteiger partial charge is 0.459 e. The number of hydrogen-bond donors (Lipinski definition) is 1. The fourth-order valence-electron chi connectivity index (χ4n) is 1.56. The van der Waals surface area contributed by atoms with Gasteiger partial charge in [-0.1, -0.05) is 0 Å². The maximum atomic E-state index is 11.9. The van der Waals surface area contributed by atoms with Crippen LogP contribution in [0.5, 0.6) is 0 Å². The monoisotopic (exact) mass is 257 g/mol. The first-order valence-corrected chi connectivity index (χ1v) is 5.57. The maximum absolute atomic E-state index is 11.9. The van der Waals surface area contributed by atoms with Crippen LogP contribution in [0, 0.1) is 0 Å². The maximum Gasteiger partial charge on any atom is 0.342 e. The number of hydrogen-bond acceptors (Lipinski definition) is 4. The van der Waals surface area contributed by atoms with Crippen molar-refractivity contribution in [3.63, 3.8) is 0 Å². The number of piperazine rings is 1. The molecule has 0 bridgehead atoms. The predicted octanol–water partition coefficient (Wildman–Crippen LogP) is 0.901. The van der Waals surface area contributed by atoms with E-state index in [1.807, 2.05) is 0 Å². The summed E-state index contributed by atoms with van der Waals surface area (Å²) in [4.78, 5) is 25.1. The Hall–Kier alpha value is -1.53. The molecule has 1 aliphatic heterocycles. The molecule has 92 valence electrons. The zero-order valence-corrected chi connectivity index (χ0v) is 9.81. The topological polar surface area (TPSA) is 65.8 Å². The SMILES string of the molecule is O=C(c1ccco1)N(Cl)C(=O)N1CCNCC1. The van der Waals surface area contributed by atoms with Crippen molar-refractivity contribution in [3.05, 3.63) is 24.2 Å². The minimum atomic E-state index is -0.653. The van der Waals surface area contributed by atoms with E-state index in [1.165, 1.54) is 17.2 Å². The van der Waals surface area contributed by atoms with E-state index in [9.17, 15) is 9.59 Å². The molecule has 2 rings (SSSR count). The van der Waals surface area contributed by atoms with Gasteiger partial charge in [0.25, 0.3) is 0 Å². The van der Waals surface area contributed by atoms with E-state index in [0.29, 0.717) is 30.6 Å². The lowest BCUT2D eigenvalue weighted by molar-refractivity contribution is 0.0829. The van der Waals surface area contributed by atoms with E-state index >= 15 is 0 Å². The van der Waals surface area contributed by atoms with Crippen molar-refractivity contribution in [1.29, 1.82) is 0 Å². The summed E-state index contributed by atoms with van der Waals surface area (Å²) in [6.07, 6.45) is 1.35. The van der Waals surface area contributed by atoms with Gasteiger partial charge in [0.15, 0.2) is 5.76 Å². The van der Waals surface area contributed by atoms with Crippen molar-refractivity contribution < 1.29 is 14.0 Å². The molecule has 1 aromatic rings. The van der Waals surface area contributed by atoms with E-state index in [4.69, 9.17) is 16.2 Å². The Morgan fingerprint density at radius 2 is 2.12 bits per heavy atom. The van der Waals surface area contributed by atoms with E-state index in [-0.39, 0.29) is 5.76 Å². The van der Waals surface area contributed by atoms with Crippen LogP contribution in [0.25, 0.3) is 0 Å². The van der Waals surface area contributed by atoms with Crippen LogP contribution in [-0.4, -0.2) is 47.4 Å². The lowest BCUT2D eigenvalue weighted by Crippen LogP contribution is -2.50. The van der Waals surface area contributed by atoms with E-state index in [2.05, 4.69) is 5.32 Å². The fraction of sp³-hybridized carbons (Fsp3) is 0.400. The normalized spacial score (nSPS) is 15.7. The number of carbonyl (C=O) groups is 2. The molecule has 0 radical (unpaired) electrons. The highest BCUT2D eigenvalue weighted by molar-refractivity contribution is 6.31. The minimum absolute atomic E-state index is 0.0449. The van der Waals surface area contributed by atoms with E-state index < -0.39 is 11.9 Å². The quantitative estimate of drug-likeness (QED) is 0.759. The molecule has 0 unspecified atom stereocenters. The Labute approximate surface area is 103 Å². The molecule has 1 saturated heterocycles. The third-order valence-corrected chi connectivity index (χ3v) is 2.76. The van der Waals surface area contributed by atoms with Crippen molar-refractivity contribution in [1.82, 2.24) is 14.6 Å². The van der Waals surface area contributed by atoms with Crippen molar-refractivity contribution >= 4 is 23.7 Å². The first-order chi connectivity index (χ1) is 8.20. The molecule has 17 heavy (non-hydrogen) atoms. The minimum Gasteiger partial charge on any atom is -0.459 e. The van der Waals surface area contributed by atoms with Gasteiger partial charge in [0.1, 0.15) is 0 Å². The molecule has 0 aliphatic carbocycles. The number of urea groups is 1. The Kier molecular flexibility index (Phi) is 3.65. The fourth-order valence-corrected chi connectivity index (χ4v) is 1.75. The number of amides is 3. The van der Waals surface area contributed by atoms with Gasteiger partial charge in [-0.15, -0.1) is 0 Å². The Balaban J connectivity index is 2.01. The molecule has 0 saturated carbocycles. The molecule has 7 heteroatoms. The zero-order chi connectivity index (χ0) is 12.3. The first-order valence-electron chi connectivity index (χ1n) is 5.23. The Morgan fingerprint density at radius 3 is 2.71 bits per heavy atom. The van der Waals surface area contributed by atoms with Gasteiger partial charge < -0.3 is 14.6 Å². The van der Waals surface area contributed by atoms with Gasteiger partial charge in [0.05, 0.1) is 6.26 Å². The summed E-state index contributed by atoms with van der Waals surface area (Å²) in [6.45, 7) is 2.47. The van der Waals surface area contributed by atoms with Gasteiger partial charge >= 0.3 is 11.9 Å². The van der Waals surface area contributed by atoms with Crippen LogP contribution in [0.4, 0.5) is 4.79 Å². The zero-order valence-electron chi connectivity index (χ0n) is 9.06. The molecule has 0 spiro atoms. The molecule has 0 atom stereocenters.